The summed E-state index contributed by atoms with van der Waals surface area (Å²) in [7, 11) is 1.49. The van der Waals surface area contributed by atoms with Crippen LogP contribution >= 0.6 is 11.6 Å². The Morgan fingerprint density at radius 3 is 2.70 bits per heavy atom. The lowest BCUT2D eigenvalue weighted by Gasteiger charge is -2.14. The molecule has 0 fully saturated rings. The van der Waals surface area contributed by atoms with E-state index in [0.29, 0.717) is 22.0 Å². The molecule has 1 aromatic carbocycles. The van der Waals surface area contributed by atoms with Crippen molar-refractivity contribution in [1.29, 1.82) is 0 Å². The minimum atomic E-state index is -0.773. The molecule has 2 amide bonds. The predicted octanol–water partition coefficient (Wildman–Crippen LogP) is 2.68. The molecule has 6 nitrogen and oxygen atoms in total. The predicted molar refractivity (Wildman–Crippen MR) is 86.3 cm³/mol. The fourth-order valence-corrected chi connectivity index (χ4v) is 2.14. The van der Waals surface area contributed by atoms with Crippen molar-refractivity contribution >= 4 is 29.1 Å². The average molecular weight is 337 g/mol. The van der Waals surface area contributed by atoms with Crippen LogP contribution in [-0.2, 0) is 14.3 Å². The number of furan rings is 1. The molecule has 1 aromatic heterocycles. The number of nitrogens with one attached hydrogen (secondary N) is 2. The molecule has 0 bridgehead atoms. The van der Waals surface area contributed by atoms with E-state index in [4.69, 9.17) is 20.8 Å². The van der Waals surface area contributed by atoms with Gasteiger partial charge in [0.05, 0.1) is 12.8 Å². The van der Waals surface area contributed by atoms with Gasteiger partial charge < -0.3 is 19.8 Å². The van der Waals surface area contributed by atoms with Gasteiger partial charge in [-0.25, -0.2) is 0 Å². The van der Waals surface area contributed by atoms with Crippen LogP contribution in [0.3, 0.4) is 0 Å². The van der Waals surface area contributed by atoms with Crippen LogP contribution in [-0.4, -0.2) is 25.5 Å². The Bertz CT molecular complexity index is 685. The second-order valence-electron chi connectivity index (χ2n) is 4.82. The number of anilines is 1. The molecule has 122 valence electrons. The molecule has 7 heteroatoms. The van der Waals surface area contributed by atoms with Crippen LogP contribution in [0.25, 0.3) is 0 Å². The van der Waals surface area contributed by atoms with Crippen molar-refractivity contribution in [2.24, 2.45) is 0 Å². The summed E-state index contributed by atoms with van der Waals surface area (Å²) in [6.45, 7) is 1.87. The number of carbonyl (C=O) groups excluding carboxylic acids is 2. The van der Waals surface area contributed by atoms with Crippen molar-refractivity contribution in [3.63, 3.8) is 0 Å². The molecule has 0 aliphatic rings. The molecule has 0 aliphatic carbocycles. The van der Waals surface area contributed by atoms with Gasteiger partial charge in [0.2, 0.25) is 0 Å². The summed E-state index contributed by atoms with van der Waals surface area (Å²) in [4.78, 5) is 23.8. The van der Waals surface area contributed by atoms with E-state index >= 15 is 0 Å². The minimum absolute atomic E-state index is 0.116. The van der Waals surface area contributed by atoms with Gasteiger partial charge in [-0.05, 0) is 36.8 Å². The number of rotatable bonds is 5. The zero-order chi connectivity index (χ0) is 16.8. The van der Waals surface area contributed by atoms with Crippen molar-refractivity contribution in [1.82, 2.24) is 5.32 Å². The molecule has 1 atom stereocenters. The molecule has 2 N–H and O–H groups in total. The summed E-state index contributed by atoms with van der Waals surface area (Å²) < 4.78 is 10.4. The molecule has 2 rings (SSSR count). The van der Waals surface area contributed by atoms with Gasteiger partial charge in [0.25, 0.3) is 0 Å². The van der Waals surface area contributed by atoms with Gasteiger partial charge in [-0.1, -0.05) is 17.7 Å². The molecule has 0 unspecified atom stereocenters. The molecule has 0 aliphatic heterocycles. The number of methoxy groups -OCH3 is 1. The smallest absolute Gasteiger partial charge is 0.313 e. The molecule has 0 saturated carbocycles. The van der Waals surface area contributed by atoms with E-state index in [2.05, 4.69) is 10.6 Å². The number of amides is 2. The quantitative estimate of drug-likeness (QED) is 0.823. The molecule has 23 heavy (non-hydrogen) atoms. The summed E-state index contributed by atoms with van der Waals surface area (Å²) in [5.74, 6) is -0.971. The highest BCUT2D eigenvalue weighted by atomic mass is 35.5. The van der Waals surface area contributed by atoms with Crippen molar-refractivity contribution in [3.05, 3.63) is 52.9 Å². The van der Waals surface area contributed by atoms with Crippen LogP contribution in [0.1, 0.15) is 17.4 Å². The number of hydrogen-bond acceptors (Lipinski definition) is 4. The van der Waals surface area contributed by atoms with Crippen LogP contribution in [0.15, 0.2) is 41.0 Å². The average Bonchev–Trinajstić information content (AvgIpc) is 3.06. The summed E-state index contributed by atoms with van der Waals surface area (Å²) in [6.07, 6.45) is 1.05. The van der Waals surface area contributed by atoms with Gasteiger partial charge in [0, 0.05) is 17.8 Å². The van der Waals surface area contributed by atoms with Gasteiger partial charge >= 0.3 is 11.8 Å². The van der Waals surface area contributed by atoms with E-state index in [9.17, 15) is 9.59 Å². The second kappa shape index (κ2) is 7.80. The third-order valence-electron chi connectivity index (χ3n) is 3.32. The summed E-state index contributed by atoms with van der Waals surface area (Å²) in [6, 6.07) is 8.53. The summed E-state index contributed by atoms with van der Waals surface area (Å²) >= 11 is 5.98. The number of halogens is 1. The molecule has 0 spiro atoms. The fourth-order valence-electron chi connectivity index (χ4n) is 1.96. The largest absolute Gasteiger partial charge is 0.467 e. The van der Waals surface area contributed by atoms with Crippen LogP contribution in [0.4, 0.5) is 5.69 Å². The first-order chi connectivity index (χ1) is 11.0. The lowest BCUT2D eigenvalue weighted by Crippen LogP contribution is -2.38. The molecule has 1 heterocycles. The number of carbonyl (C=O) groups is 2. The zero-order valence-electron chi connectivity index (χ0n) is 12.8. The molecular formula is C16H17ClN2O4. The van der Waals surface area contributed by atoms with Gasteiger partial charge in [-0.3, -0.25) is 9.59 Å². The monoisotopic (exact) mass is 336 g/mol. The summed E-state index contributed by atoms with van der Waals surface area (Å²) in [5.41, 5.74) is 1.19. The van der Waals surface area contributed by atoms with Gasteiger partial charge in [0.1, 0.15) is 11.9 Å². The van der Waals surface area contributed by atoms with E-state index in [0.717, 1.165) is 0 Å². The molecule has 0 radical (unpaired) electrons. The van der Waals surface area contributed by atoms with Crippen LogP contribution < -0.4 is 10.6 Å². The Morgan fingerprint density at radius 1 is 1.26 bits per heavy atom. The highest BCUT2D eigenvalue weighted by molar-refractivity contribution is 6.40. The Morgan fingerprint density at radius 2 is 2.04 bits per heavy atom. The minimum Gasteiger partial charge on any atom is -0.467 e. The maximum absolute atomic E-state index is 11.9. The van der Waals surface area contributed by atoms with E-state index in [1.165, 1.54) is 13.4 Å². The van der Waals surface area contributed by atoms with E-state index in [1.54, 1.807) is 37.3 Å². The standard InChI is InChI=1S/C16H17ClN2O4/c1-10-11(17)5-3-6-12(10)19-16(21)15(20)18-9-14(22-2)13-7-4-8-23-13/h3-8,14H,9H2,1-2H3,(H,18,20)(H,19,21)/t14-/m1/s1. The maximum Gasteiger partial charge on any atom is 0.313 e. The highest BCUT2D eigenvalue weighted by Gasteiger charge is 2.19. The van der Waals surface area contributed by atoms with Crippen molar-refractivity contribution in [2.75, 3.05) is 19.0 Å². The SMILES string of the molecule is CO[C@H](CNC(=O)C(=O)Nc1cccc(Cl)c1C)c1ccco1. The lowest BCUT2D eigenvalue weighted by molar-refractivity contribution is -0.136. The Hall–Kier alpha value is -2.31. The lowest BCUT2D eigenvalue weighted by atomic mass is 10.2. The normalized spacial score (nSPS) is 11.8. The van der Waals surface area contributed by atoms with E-state index in [1.807, 2.05) is 0 Å². The van der Waals surface area contributed by atoms with Crippen LogP contribution in [0, 0.1) is 6.92 Å². The Kier molecular flexibility index (Phi) is 5.78. The fraction of sp³-hybridized carbons (Fsp3) is 0.250. The van der Waals surface area contributed by atoms with Crippen LogP contribution in [0.5, 0.6) is 0 Å². The van der Waals surface area contributed by atoms with E-state index in [-0.39, 0.29) is 6.54 Å². The topological polar surface area (TPSA) is 80.6 Å². The molecule has 0 saturated heterocycles. The number of hydrogen-bond donors (Lipinski definition) is 2. The van der Waals surface area contributed by atoms with E-state index < -0.39 is 17.9 Å². The van der Waals surface area contributed by atoms with Gasteiger partial charge in [-0.2, -0.15) is 0 Å². The first-order valence-corrected chi connectivity index (χ1v) is 7.31. The Labute approximate surface area is 138 Å². The van der Waals surface area contributed by atoms with Gasteiger partial charge in [0.15, 0.2) is 0 Å². The van der Waals surface area contributed by atoms with Crippen molar-refractivity contribution < 1.29 is 18.7 Å². The van der Waals surface area contributed by atoms with Crippen molar-refractivity contribution in [3.8, 4) is 0 Å². The first-order valence-electron chi connectivity index (χ1n) is 6.93. The van der Waals surface area contributed by atoms with Crippen LogP contribution in [0.2, 0.25) is 5.02 Å². The van der Waals surface area contributed by atoms with Gasteiger partial charge in [-0.15, -0.1) is 0 Å². The molecular weight excluding hydrogens is 320 g/mol. The zero-order valence-corrected chi connectivity index (χ0v) is 13.5. The summed E-state index contributed by atoms with van der Waals surface area (Å²) in [5, 5.41) is 5.55. The van der Waals surface area contributed by atoms with Crippen molar-refractivity contribution in [2.45, 2.75) is 13.0 Å². The number of benzene rings is 1. The molecule has 2 aromatic rings. The Balaban J connectivity index is 1.92. The third kappa shape index (κ3) is 4.34. The first kappa shape index (κ1) is 17.1. The maximum atomic E-state index is 11.9. The number of ether oxygens (including phenoxy) is 1. The highest BCUT2D eigenvalue weighted by Crippen LogP contribution is 2.22. The third-order valence-corrected chi connectivity index (χ3v) is 3.72. The second-order valence-corrected chi connectivity index (χ2v) is 5.22.